The molecule has 1 atom stereocenters. The van der Waals surface area contributed by atoms with Crippen molar-refractivity contribution in [2.24, 2.45) is 0 Å². The van der Waals surface area contributed by atoms with E-state index in [0.29, 0.717) is 5.56 Å². The van der Waals surface area contributed by atoms with Gasteiger partial charge in [0.25, 0.3) is 0 Å². The van der Waals surface area contributed by atoms with Crippen LogP contribution in [0.15, 0.2) is 18.2 Å². The van der Waals surface area contributed by atoms with Crippen LogP contribution in [0.1, 0.15) is 12.5 Å². The molecule has 17 heavy (non-hydrogen) atoms. The zero-order valence-corrected chi connectivity index (χ0v) is 8.92. The number of carboxylic acid groups (broad SMARTS) is 1. The summed E-state index contributed by atoms with van der Waals surface area (Å²) < 4.78 is 18.1. The summed E-state index contributed by atoms with van der Waals surface area (Å²) in [6.45, 7) is 1.21. The first-order valence-corrected chi connectivity index (χ1v) is 4.69. The van der Waals surface area contributed by atoms with Crippen LogP contribution in [0.4, 0.5) is 10.1 Å². The minimum atomic E-state index is -1.13. The van der Waals surface area contributed by atoms with Gasteiger partial charge in [0.1, 0.15) is 0 Å². The molecule has 1 rings (SSSR count). The number of rotatable bonds is 5. The number of aliphatic carboxylic acids is 1. The molecule has 1 N–H and O–H groups in total. The molecule has 1 unspecified atom stereocenters. The van der Waals surface area contributed by atoms with Crippen molar-refractivity contribution in [2.75, 3.05) is 0 Å². The molecule has 0 fully saturated rings. The maximum Gasteiger partial charge on any atom is 0.332 e. The Morgan fingerprint density at radius 2 is 2.29 bits per heavy atom. The van der Waals surface area contributed by atoms with Crippen molar-refractivity contribution in [1.82, 2.24) is 0 Å². The van der Waals surface area contributed by atoms with Crippen LogP contribution in [0.25, 0.3) is 0 Å². The molecule has 0 spiro atoms. The first kappa shape index (κ1) is 13.0. The number of benzene rings is 1. The average Bonchev–Trinajstić information content (AvgIpc) is 2.25. The predicted molar refractivity (Wildman–Crippen MR) is 54.9 cm³/mol. The maximum atomic E-state index is 13.2. The van der Waals surface area contributed by atoms with Gasteiger partial charge >= 0.3 is 11.7 Å². The van der Waals surface area contributed by atoms with Crippen LogP contribution in [0.5, 0.6) is 0 Å². The molecule has 0 saturated carbocycles. The fourth-order valence-electron chi connectivity index (χ4n) is 1.08. The lowest BCUT2D eigenvalue weighted by molar-refractivity contribution is -0.387. The Morgan fingerprint density at radius 3 is 2.76 bits per heavy atom. The molecule has 0 aliphatic heterocycles. The van der Waals surface area contributed by atoms with Crippen molar-refractivity contribution in [2.45, 2.75) is 19.6 Å². The molecule has 0 bridgehead atoms. The molecule has 92 valence electrons. The molecule has 6 nitrogen and oxygen atoms in total. The molecular formula is C10H10FNO5. The number of ether oxygens (including phenoxy) is 1. The van der Waals surface area contributed by atoms with Crippen molar-refractivity contribution < 1.29 is 24.0 Å². The van der Waals surface area contributed by atoms with Crippen LogP contribution >= 0.6 is 0 Å². The summed E-state index contributed by atoms with van der Waals surface area (Å²) in [7, 11) is 0. The van der Waals surface area contributed by atoms with Crippen LogP contribution < -0.4 is 0 Å². The zero-order chi connectivity index (χ0) is 13.0. The van der Waals surface area contributed by atoms with E-state index in [1.54, 1.807) is 0 Å². The van der Waals surface area contributed by atoms with Crippen molar-refractivity contribution in [1.29, 1.82) is 0 Å². The lowest BCUT2D eigenvalue weighted by Gasteiger charge is -2.08. The van der Waals surface area contributed by atoms with Crippen LogP contribution in [-0.4, -0.2) is 22.1 Å². The molecule has 0 saturated heterocycles. The molecule has 0 aliphatic carbocycles. The summed E-state index contributed by atoms with van der Waals surface area (Å²) in [4.78, 5) is 20.0. The van der Waals surface area contributed by atoms with Crippen LogP contribution in [0.2, 0.25) is 0 Å². The van der Waals surface area contributed by atoms with Crippen molar-refractivity contribution >= 4 is 11.7 Å². The quantitative estimate of drug-likeness (QED) is 0.628. The third kappa shape index (κ3) is 3.49. The molecule has 0 aliphatic rings. The zero-order valence-electron chi connectivity index (χ0n) is 8.92. The molecule has 1 aromatic rings. The molecule has 0 heterocycles. The van der Waals surface area contributed by atoms with Crippen LogP contribution in [0.3, 0.4) is 0 Å². The average molecular weight is 243 g/mol. The smallest absolute Gasteiger partial charge is 0.332 e. The van der Waals surface area contributed by atoms with E-state index in [2.05, 4.69) is 0 Å². The molecule has 0 amide bonds. The number of carbonyl (C=O) groups is 1. The van der Waals surface area contributed by atoms with E-state index in [-0.39, 0.29) is 6.61 Å². The third-order valence-corrected chi connectivity index (χ3v) is 2.06. The van der Waals surface area contributed by atoms with Crippen molar-refractivity contribution in [3.8, 4) is 0 Å². The first-order valence-electron chi connectivity index (χ1n) is 4.69. The van der Waals surface area contributed by atoms with E-state index in [9.17, 15) is 19.3 Å². The molecule has 1 aromatic carbocycles. The van der Waals surface area contributed by atoms with Gasteiger partial charge in [0.05, 0.1) is 11.5 Å². The minimum absolute atomic E-state index is 0.123. The second-order valence-corrected chi connectivity index (χ2v) is 3.33. The number of nitro benzene ring substituents is 1. The standard InChI is InChI=1S/C10H10FNO5/c1-6(10(13)14)17-5-7-2-3-9(12(15)16)8(11)4-7/h2-4,6H,5H2,1H3,(H,13,14). The van der Waals surface area contributed by atoms with E-state index in [1.165, 1.54) is 13.0 Å². The minimum Gasteiger partial charge on any atom is -0.479 e. The van der Waals surface area contributed by atoms with E-state index in [1.807, 2.05) is 0 Å². The maximum absolute atomic E-state index is 13.2. The number of hydrogen-bond acceptors (Lipinski definition) is 4. The van der Waals surface area contributed by atoms with Gasteiger partial charge in [-0.1, -0.05) is 0 Å². The number of halogens is 1. The summed E-state index contributed by atoms with van der Waals surface area (Å²) >= 11 is 0. The van der Waals surface area contributed by atoms with Gasteiger partial charge in [-0.15, -0.1) is 0 Å². The molecular weight excluding hydrogens is 233 g/mol. The molecule has 0 radical (unpaired) electrons. The predicted octanol–water partition coefficient (Wildman–Crippen LogP) is 1.72. The summed E-state index contributed by atoms with van der Waals surface area (Å²) in [6, 6.07) is 3.28. The monoisotopic (exact) mass is 243 g/mol. The van der Waals surface area contributed by atoms with Gasteiger partial charge in [-0.2, -0.15) is 4.39 Å². The fourth-order valence-corrected chi connectivity index (χ4v) is 1.08. The number of hydrogen-bond donors (Lipinski definition) is 1. The van der Waals surface area contributed by atoms with E-state index < -0.39 is 28.5 Å². The summed E-state index contributed by atoms with van der Waals surface area (Å²) in [6.07, 6.45) is -1.02. The van der Waals surface area contributed by atoms with Crippen LogP contribution in [0, 0.1) is 15.9 Å². The van der Waals surface area contributed by atoms with Crippen molar-refractivity contribution in [3.63, 3.8) is 0 Å². The largest absolute Gasteiger partial charge is 0.479 e. The van der Waals surface area contributed by atoms with Gasteiger partial charge in [-0.3, -0.25) is 10.1 Å². The van der Waals surface area contributed by atoms with Gasteiger partial charge in [0, 0.05) is 6.07 Å². The van der Waals surface area contributed by atoms with Gasteiger partial charge in [0.15, 0.2) is 6.10 Å². The Bertz CT molecular complexity index is 448. The normalized spacial score (nSPS) is 12.1. The van der Waals surface area contributed by atoms with Gasteiger partial charge in [-0.25, -0.2) is 4.79 Å². The number of nitrogens with zero attached hydrogens (tertiary/aromatic N) is 1. The summed E-state index contributed by atoms with van der Waals surface area (Å²) in [5.41, 5.74) is -0.291. The highest BCUT2D eigenvalue weighted by Gasteiger charge is 2.15. The van der Waals surface area contributed by atoms with Gasteiger partial charge < -0.3 is 9.84 Å². The molecule has 7 heteroatoms. The highest BCUT2D eigenvalue weighted by Crippen LogP contribution is 2.18. The highest BCUT2D eigenvalue weighted by atomic mass is 19.1. The van der Waals surface area contributed by atoms with Crippen LogP contribution in [-0.2, 0) is 16.1 Å². The molecule has 0 aromatic heterocycles. The first-order chi connectivity index (χ1) is 7.91. The fraction of sp³-hybridized carbons (Fsp3) is 0.300. The van der Waals surface area contributed by atoms with E-state index >= 15 is 0 Å². The SMILES string of the molecule is CC(OCc1ccc([N+](=O)[O-])c(F)c1)C(=O)O. The lowest BCUT2D eigenvalue weighted by atomic mass is 10.2. The number of carboxylic acids is 1. The van der Waals surface area contributed by atoms with E-state index in [4.69, 9.17) is 9.84 Å². The third-order valence-electron chi connectivity index (χ3n) is 2.06. The Labute approximate surface area is 95.8 Å². The Morgan fingerprint density at radius 1 is 1.65 bits per heavy atom. The Kier molecular flexibility index (Phi) is 4.11. The second kappa shape index (κ2) is 5.35. The Balaban J connectivity index is 2.71. The second-order valence-electron chi connectivity index (χ2n) is 3.33. The van der Waals surface area contributed by atoms with E-state index in [0.717, 1.165) is 12.1 Å². The van der Waals surface area contributed by atoms with Gasteiger partial charge in [-0.05, 0) is 24.6 Å². The van der Waals surface area contributed by atoms with Gasteiger partial charge in [0.2, 0.25) is 5.82 Å². The lowest BCUT2D eigenvalue weighted by Crippen LogP contribution is -2.19. The van der Waals surface area contributed by atoms with Crippen molar-refractivity contribution in [3.05, 3.63) is 39.7 Å². The Hall–Kier alpha value is -2.02. The number of nitro groups is 1. The summed E-state index contributed by atoms with van der Waals surface area (Å²) in [5, 5.41) is 18.9. The summed E-state index contributed by atoms with van der Waals surface area (Å²) in [5.74, 6) is -2.11. The highest BCUT2D eigenvalue weighted by molar-refractivity contribution is 5.71. The topological polar surface area (TPSA) is 89.7 Å².